The van der Waals surface area contributed by atoms with Gasteiger partial charge >= 0.3 is 12.1 Å². The van der Waals surface area contributed by atoms with Crippen molar-refractivity contribution in [1.82, 2.24) is 5.32 Å². The Morgan fingerprint density at radius 2 is 1.75 bits per heavy atom. The van der Waals surface area contributed by atoms with E-state index in [0.717, 1.165) is 5.56 Å². The molecule has 0 saturated heterocycles. The number of nitrogens with one attached hydrogen (secondary N) is 1. The summed E-state index contributed by atoms with van der Waals surface area (Å²) >= 11 is 0. The molecule has 4 atom stereocenters. The highest BCUT2D eigenvalue weighted by Crippen LogP contribution is 2.20. The van der Waals surface area contributed by atoms with E-state index in [1.54, 1.807) is 45.0 Å². The summed E-state index contributed by atoms with van der Waals surface area (Å²) in [6.45, 7) is 7.20. The van der Waals surface area contributed by atoms with E-state index in [2.05, 4.69) is 5.32 Å². The lowest BCUT2D eigenvalue weighted by atomic mass is 9.84. The van der Waals surface area contributed by atoms with Crippen LogP contribution in [0.2, 0.25) is 0 Å². The minimum atomic E-state index is -1.83. The summed E-state index contributed by atoms with van der Waals surface area (Å²) in [6.07, 6.45) is -2.51. The Bertz CT molecular complexity index is 751. The molecule has 9 heteroatoms. The number of hydrogen-bond donors (Lipinski definition) is 3. The van der Waals surface area contributed by atoms with Crippen molar-refractivity contribution in [2.75, 3.05) is 6.67 Å². The van der Waals surface area contributed by atoms with Gasteiger partial charge in [-0.2, -0.15) is 0 Å². The summed E-state index contributed by atoms with van der Waals surface area (Å²) in [6, 6.07) is 6.22. The second kappa shape index (κ2) is 12.5. The first-order valence-electron chi connectivity index (χ1n) is 10.6. The number of alkyl halides is 1. The maximum absolute atomic E-state index is 13.3. The van der Waals surface area contributed by atoms with Crippen LogP contribution in [0.5, 0.6) is 0 Å². The Morgan fingerprint density at radius 1 is 1.16 bits per heavy atom. The Kier molecular flexibility index (Phi) is 10.7. The number of Topliss-reactive ketones (excluding diaryl/α,β-unsaturated/α-hetero) is 1. The Hall–Kier alpha value is -2.52. The van der Waals surface area contributed by atoms with Crippen molar-refractivity contribution in [3.63, 3.8) is 0 Å². The van der Waals surface area contributed by atoms with Crippen LogP contribution in [0.25, 0.3) is 0 Å². The van der Waals surface area contributed by atoms with Gasteiger partial charge in [-0.15, -0.1) is 0 Å². The van der Waals surface area contributed by atoms with Gasteiger partial charge in [-0.25, -0.2) is 9.18 Å². The van der Waals surface area contributed by atoms with Gasteiger partial charge < -0.3 is 25.6 Å². The van der Waals surface area contributed by atoms with Crippen molar-refractivity contribution in [3.8, 4) is 0 Å². The van der Waals surface area contributed by atoms with Crippen LogP contribution >= 0.6 is 0 Å². The lowest BCUT2D eigenvalue weighted by molar-refractivity contribution is -0.161. The van der Waals surface area contributed by atoms with Crippen LogP contribution in [-0.2, 0) is 25.7 Å². The van der Waals surface area contributed by atoms with E-state index >= 15 is 0 Å². The first-order valence-corrected chi connectivity index (χ1v) is 10.6. The largest absolute Gasteiger partial charge is 0.459 e. The van der Waals surface area contributed by atoms with Gasteiger partial charge in [0.25, 0.3) is 0 Å². The van der Waals surface area contributed by atoms with Gasteiger partial charge in [0.2, 0.25) is 0 Å². The van der Waals surface area contributed by atoms with Gasteiger partial charge in [0.15, 0.2) is 5.78 Å². The maximum atomic E-state index is 13.3. The van der Waals surface area contributed by atoms with E-state index in [9.17, 15) is 23.9 Å². The number of aliphatic hydroxyl groups is 1. The highest BCUT2D eigenvalue weighted by Gasteiger charge is 2.42. The third-order valence-electron chi connectivity index (χ3n) is 4.52. The Labute approximate surface area is 188 Å². The number of amides is 1. The van der Waals surface area contributed by atoms with Crippen molar-refractivity contribution < 1.29 is 33.4 Å². The average Bonchev–Trinajstić information content (AvgIpc) is 2.70. The summed E-state index contributed by atoms with van der Waals surface area (Å²) in [7, 11) is 0. The van der Waals surface area contributed by atoms with E-state index in [4.69, 9.17) is 15.2 Å². The molecule has 32 heavy (non-hydrogen) atoms. The zero-order chi connectivity index (χ0) is 24.5. The van der Waals surface area contributed by atoms with E-state index in [-0.39, 0.29) is 18.9 Å². The number of hydrogen-bond acceptors (Lipinski definition) is 7. The molecule has 0 saturated carbocycles. The molecule has 0 radical (unpaired) electrons. The normalized spacial score (nSPS) is 15.4. The molecule has 0 fully saturated rings. The van der Waals surface area contributed by atoms with Crippen molar-refractivity contribution in [2.24, 2.45) is 17.6 Å². The fourth-order valence-electron chi connectivity index (χ4n) is 3.08. The molecule has 0 spiro atoms. The molecule has 180 valence electrons. The number of halogens is 1. The summed E-state index contributed by atoms with van der Waals surface area (Å²) < 4.78 is 23.7. The molecule has 4 N–H and O–H groups in total. The highest BCUT2D eigenvalue weighted by molar-refractivity contribution is 5.94. The number of ketones is 1. The van der Waals surface area contributed by atoms with Crippen molar-refractivity contribution in [3.05, 3.63) is 35.9 Å². The first-order chi connectivity index (χ1) is 14.9. The van der Waals surface area contributed by atoms with Gasteiger partial charge in [-0.05, 0) is 38.7 Å². The van der Waals surface area contributed by atoms with E-state index in [0.29, 0.717) is 0 Å². The molecular weight excluding hydrogens is 419 g/mol. The summed E-state index contributed by atoms with van der Waals surface area (Å²) in [5, 5.41) is 12.6. The van der Waals surface area contributed by atoms with Crippen LogP contribution in [0, 0.1) is 11.8 Å². The van der Waals surface area contributed by atoms with Crippen molar-refractivity contribution in [2.45, 2.75) is 71.4 Å². The fourth-order valence-corrected chi connectivity index (χ4v) is 3.08. The second-order valence-electron chi connectivity index (χ2n) is 9.10. The zero-order valence-electron chi connectivity index (χ0n) is 19.3. The predicted octanol–water partition coefficient (Wildman–Crippen LogP) is 2.51. The molecule has 0 aromatic heterocycles. The summed E-state index contributed by atoms with van der Waals surface area (Å²) in [4.78, 5) is 37.9. The summed E-state index contributed by atoms with van der Waals surface area (Å²) in [5.41, 5.74) is 5.78. The van der Waals surface area contributed by atoms with Gasteiger partial charge in [0.05, 0.1) is 18.1 Å². The molecule has 4 unspecified atom stereocenters. The van der Waals surface area contributed by atoms with Crippen LogP contribution in [0.1, 0.15) is 46.6 Å². The van der Waals surface area contributed by atoms with Crippen molar-refractivity contribution >= 4 is 17.8 Å². The van der Waals surface area contributed by atoms with Crippen LogP contribution < -0.4 is 11.1 Å². The molecule has 1 aromatic rings. The maximum Gasteiger partial charge on any atom is 0.408 e. The average molecular weight is 455 g/mol. The lowest BCUT2D eigenvalue weighted by Crippen LogP contribution is -2.56. The zero-order valence-corrected chi connectivity index (χ0v) is 19.3. The molecule has 0 aliphatic carbocycles. The number of rotatable bonds is 11. The number of carbonyl (C=O) groups excluding carboxylic acids is 3. The van der Waals surface area contributed by atoms with Gasteiger partial charge in [-0.3, -0.25) is 9.59 Å². The molecule has 0 bridgehead atoms. The molecule has 0 aliphatic heterocycles. The number of nitrogens with two attached hydrogens (primary N) is 1. The number of alkyl carbamates (subject to hydrolysis) is 1. The molecular formula is C23H35FN2O6. The smallest absolute Gasteiger partial charge is 0.408 e. The topological polar surface area (TPSA) is 128 Å². The predicted molar refractivity (Wildman–Crippen MR) is 117 cm³/mol. The molecule has 1 rings (SSSR count). The van der Waals surface area contributed by atoms with Crippen LogP contribution in [-0.4, -0.2) is 53.4 Å². The minimum absolute atomic E-state index is 0.0107. The SMILES string of the molecule is CC(C)CC(NC(=O)OCc1ccccc1)C(=O)C(C(O)CF)C(N)C(=O)OC(C)(C)C. The number of benzene rings is 1. The quantitative estimate of drug-likeness (QED) is 0.438. The number of carbonyl (C=O) groups is 3. The van der Waals surface area contributed by atoms with Crippen LogP contribution in [0.4, 0.5) is 9.18 Å². The van der Waals surface area contributed by atoms with Gasteiger partial charge in [-0.1, -0.05) is 44.2 Å². The highest BCUT2D eigenvalue weighted by atomic mass is 19.1. The third-order valence-corrected chi connectivity index (χ3v) is 4.52. The molecule has 0 heterocycles. The van der Waals surface area contributed by atoms with Crippen molar-refractivity contribution in [1.29, 1.82) is 0 Å². The number of ether oxygens (including phenoxy) is 2. The second-order valence-corrected chi connectivity index (χ2v) is 9.10. The third kappa shape index (κ3) is 9.32. The molecule has 1 aromatic carbocycles. The monoisotopic (exact) mass is 454 g/mol. The van der Waals surface area contributed by atoms with Crippen LogP contribution in [0.3, 0.4) is 0 Å². The molecule has 8 nitrogen and oxygen atoms in total. The van der Waals surface area contributed by atoms with E-state index < -0.39 is 54.2 Å². The Morgan fingerprint density at radius 3 is 2.25 bits per heavy atom. The lowest BCUT2D eigenvalue weighted by Gasteiger charge is -2.31. The Balaban J connectivity index is 3.00. The number of aliphatic hydroxyl groups excluding tert-OH is 1. The standard InChI is InChI=1S/C23H35FN2O6/c1-14(2)11-16(26-22(30)31-13-15-9-7-6-8-10-15)20(28)18(17(27)12-24)19(25)21(29)32-23(3,4)5/h6-10,14,16-19,27H,11-13,25H2,1-5H3,(H,26,30). The summed E-state index contributed by atoms with van der Waals surface area (Å²) in [5.74, 6) is -3.36. The first kappa shape index (κ1) is 27.5. The molecule has 0 aliphatic rings. The van der Waals surface area contributed by atoms with Gasteiger partial charge in [0.1, 0.15) is 24.9 Å². The minimum Gasteiger partial charge on any atom is -0.459 e. The van der Waals surface area contributed by atoms with E-state index in [1.807, 2.05) is 19.9 Å². The van der Waals surface area contributed by atoms with Crippen LogP contribution in [0.15, 0.2) is 30.3 Å². The van der Waals surface area contributed by atoms with Gasteiger partial charge in [0, 0.05) is 0 Å². The fraction of sp³-hybridized carbons (Fsp3) is 0.609. The number of esters is 1. The van der Waals surface area contributed by atoms with E-state index in [1.165, 1.54) is 0 Å². The molecule has 1 amide bonds.